The van der Waals surface area contributed by atoms with Gasteiger partial charge in [-0.25, -0.2) is 18.2 Å². The summed E-state index contributed by atoms with van der Waals surface area (Å²) in [6.07, 6.45) is 1.42. The molecule has 0 radical (unpaired) electrons. The van der Waals surface area contributed by atoms with Crippen LogP contribution in [0, 0.1) is 17.5 Å². The molecule has 0 fully saturated rings. The maximum atomic E-state index is 13.4. The number of hydrogen-bond acceptors (Lipinski definition) is 4. The molecule has 18 heavy (non-hydrogen) atoms. The molecular formula is C11H9F3N4. The van der Waals surface area contributed by atoms with Crippen LogP contribution in [0.1, 0.15) is 0 Å². The zero-order chi connectivity index (χ0) is 13.1. The number of rotatable bonds is 3. The van der Waals surface area contributed by atoms with Crippen molar-refractivity contribution in [3.8, 4) is 0 Å². The molecule has 7 heteroatoms. The third-order valence-electron chi connectivity index (χ3n) is 2.14. The Balaban J connectivity index is 2.33. The maximum absolute atomic E-state index is 13.4. The molecule has 0 saturated heterocycles. The van der Waals surface area contributed by atoms with Gasteiger partial charge in [0, 0.05) is 25.4 Å². The second kappa shape index (κ2) is 4.91. The molecule has 1 aromatic carbocycles. The van der Waals surface area contributed by atoms with Crippen molar-refractivity contribution in [1.29, 1.82) is 0 Å². The molecule has 0 aliphatic heterocycles. The Morgan fingerprint density at radius 2 is 1.78 bits per heavy atom. The van der Waals surface area contributed by atoms with E-state index in [2.05, 4.69) is 20.6 Å². The molecule has 1 aromatic heterocycles. The van der Waals surface area contributed by atoms with Crippen molar-refractivity contribution in [2.24, 2.45) is 0 Å². The summed E-state index contributed by atoms with van der Waals surface area (Å²) in [7, 11) is 1.61. The predicted molar refractivity (Wildman–Crippen MR) is 61.2 cm³/mol. The topological polar surface area (TPSA) is 49.8 Å². The molecule has 0 spiro atoms. The molecule has 0 bridgehead atoms. The Bertz CT molecular complexity index is 551. The fourth-order valence-corrected chi connectivity index (χ4v) is 1.34. The molecule has 0 aliphatic rings. The second-order valence-corrected chi connectivity index (χ2v) is 3.38. The summed E-state index contributed by atoms with van der Waals surface area (Å²) in [5, 5.41) is 5.12. The van der Waals surface area contributed by atoms with Gasteiger partial charge in [-0.2, -0.15) is 4.98 Å². The lowest BCUT2D eigenvalue weighted by atomic mass is 10.2. The van der Waals surface area contributed by atoms with E-state index in [0.717, 1.165) is 0 Å². The van der Waals surface area contributed by atoms with E-state index in [-0.39, 0.29) is 5.82 Å². The minimum absolute atomic E-state index is 0.193. The number of benzene rings is 1. The van der Waals surface area contributed by atoms with Gasteiger partial charge in [0.05, 0.1) is 0 Å². The summed E-state index contributed by atoms with van der Waals surface area (Å²) in [6.45, 7) is 0. The molecule has 0 unspecified atom stereocenters. The standard InChI is InChI=1S/C11H9F3N4/c1-15-11-16-3-2-9(18-11)17-10-7(13)4-6(12)5-8(10)14/h2-5H,1H3,(H2,15,16,17,18). The molecule has 0 amide bonds. The fourth-order valence-electron chi connectivity index (χ4n) is 1.34. The van der Waals surface area contributed by atoms with Crippen molar-refractivity contribution in [2.45, 2.75) is 0 Å². The SMILES string of the molecule is CNc1nccc(Nc2c(F)cc(F)cc2F)n1. The van der Waals surface area contributed by atoms with Crippen molar-refractivity contribution >= 4 is 17.5 Å². The third kappa shape index (κ3) is 2.50. The van der Waals surface area contributed by atoms with Crippen LogP contribution >= 0.6 is 0 Å². The summed E-state index contributed by atoms with van der Waals surface area (Å²) in [5.74, 6) is -2.55. The van der Waals surface area contributed by atoms with Gasteiger partial charge in [0.15, 0.2) is 11.6 Å². The molecule has 1 heterocycles. The Hall–Kier alpha value is -2.31. The van der Waals surface area contributed by atoms with E-state index in [4.69, 9.17) is 0 Å². The van der Waals surface area contributed by atoms with Crippen LogP contribution in [-0.2, 0) is 0 Å². The highest BCUT2D eigenvalue weighted by Gasteiger charge is 2.12. The molecular weight excluding hydrogens is 245 g/mol. The number of nitrogens with one attached hydrogen (secondary N) is 2. The Morgan fingerprint density at radius 1 is 1.11 bits per heavy atom. The van der Waals surface area contributed by atoms with Crippen LogP contribution in [0.3, 0.4) is 0 Å². The zero-order valence-electron chi connectivity index (χ0n) is 9.34. The second-order valence-electron chi connectivity index (χ2n) is 3.38. The van der Waals surface area contributed by atoms with Gasteiger partial charge in [-0.05, 0) is 6.07 Å². The van der Waals surface area contributed by atoms with Crippen LogP contribution in [0.25, 0.3) is 0 Å². The summed E-state index contributed by atoms with van der Waals surface area (Å²) in [4.78, 5) is 7.78. The van der Waals surface area contributed by atoms with Crippen LogP contribution in [-0.4, -0.2) is 17.0 Å². The van der Waals surface area contributed by atoms with Crippen molar-refractivity contribution in [3.05, 3.63) is 41.8 Å². The summed E-state index contributed by atoms with van der Waals surface area (Å²) < 4.78 is 39.5. The molecule has 2 N–H and O–H groups in total. The van der Waals surface area contributed by atoms with E-state index >= 15 is 0 Å². The molecule has 4 nitrogen and oxygen atoms in total. The summed E-state index contributed by atoms with van der Waals surface area (Å²) in [6, 6.07) is 2.61. The van der Waals surface area contributed by atoms with E-state index < -0.39 is 23.1 Å². The van der Waals surface area contributed by atoms with Gasteiger partial charge in [-0.3, -0.25) is 0 Å². The Labute approximate surface area is 101 Å². The molecule has 94 valence electrons. The van der Waals surface area contributed by atoms with E-state index in [0.29, 0.717) is 18.1 Å². The number of nitrogens with zero attached hydrogens (tertiary/aromatic N) is 2. The van der Waals surface area contributed by atoms with Crippen LogP contribution in [0.15, 0.2) is 24.4 Å². The highest BCUT2D eigenvalue weighted by atomic mass is 19.1. The predicted octanol–water partition coefficient (Wildman–Crippen LogP) is 2.68. The largest absolute Gasteiger partial charge is 0.357 e. The highest BCUT2D eigenvalue weighted by molar-refractivity contribution is 5.58. The van der Waals surface area contributed by atoms with Crippen molar-refractivity contribution in [2.75, 3.05) is 17.7 Å². The van der Waals surface area contributed by atoms with Crippen LogP contribution in [0.5, 0.6) is 0 Å². The van der Waals surface area contributed by atoms with E-state index in [9.17, 15) is 13.2 Å². The van der Waals surface area contributed by atoms with Gasteiger partial charge in [-0.15, -0.1) is 0 Å². The first-order valence-corrected chi connectivity index (χ1v) is 5.02. The number of aromatic nitrogens is 2. The molecule has 0 saturated carbocycles. The van der Waals surface area contributed by atoms with E-state index in [1.165, 1.54) is 12.3 Å². The lowest BCUT2D eigenvalue weighted by molar-refractivity contribution is 0.549. The van der Waals surface area contributed by atoms with Crippen LogP contribution < -0.4 is 10.6 Å². The number of halogens is 3. The van der Waals surface area contributed by atoms with Crippen LogP contribution in [0.2, 0.25) is 0 Å². The minimum Gasteiger partial charge on any atom is -0.357 e. The third-order valence-corrected chi connectivity index (χ3v) is 2.14. The van der Waals surface area contributed by atoms with Gasteiger partial charge < -0.3 is 10.6 Å². The average molecular weight is 254 g/mol. The van der Waals surface area contributed by atoms with Gasteiger partial charge >= 0.3 is 0 Å². The average Bonchev–Trinajstić information content (AvgIpc) is 2.34. The van der Waals surface area contributed by atoms with Gasteiger partial charge in [-0.1, -0.05) is 0 Å². The number of hydrogen-bond donors (Lipinski definition) is 2. The highest BCUT2D eigenvalue weighted by Crippen LogP contribution is 2.23. The molecule has 2 aromatic rings. The maximum Gasteiger partial charge on any atom is 0.224 e. The van der Waals surface area contributed by atoms with Gasteiger partial charge in [0.1, 0.15) is 17.3 Å². The van der Waals surface area contributed by atoms with Crippen molar-refractivity contribution in [1.82, 2.24) is 9.97 Å². The minimum atomic E-state index is -1.03. The van der Waals surface area contributed by atoms with E-state index in [1.807, 2.05) is 0 Å². The molecule has 0 aliphatic carbocycles. The van der Waals surface area contributed by atoms with Crippen LogP contribution in [0.4, 0.5) is 30.6 Å². The van der Waals surface area contributed by atoms with Crippen molar-refractivity contribution < 1.29 is 13.2 Å². The molecule has 0 atom stereocenters. The number of anilines is 3. The van der Waals surface area contributed by atoms with Gasteiger partial charge in [0.2, 0.25) is 5.95 Å². The lowest BCUT2D eigenvalue weighted by Gasteiger charge is -2.08. The lowest BCUT2D eigenvalue weighted by Crippen LogP contribution is -2.03. The van der Waals surface area contributed by atoms with E-state index in [1.54, 1.807) is 7.05 Å². The fraction of sp³-hybridized carbons (Fsp3) is 0.0909. The molecule has 2 rings (SSSR count). The Kier molecular flexibility index (Phi) is 3.31. The van der Waals surface area contributed by atoms with Crippen molar-refractivity contribution in [3.63, 3.8) is 0 Å². The first-order valence-electron chi connectivity index (χ1n) is 5.02. The zero-order valence-corrected chi connectivity index (χ0v) is 9.34. The smallest absolute Gasteiger partial charge is 0.224 e. The normalized spacial score (nSPS) is 10.2. The quantitative estimate of drug-likeness (QED) is 0.884. The monoisotopic (exact) mass is 254 g/mol. The Morgan fingerprint density at radius 3 is 2.39 bits per heavy atom. The summed E-state index contributed by atoms with van der Waals surface area (Å²) in [5.41, 5.74) is -0.461. The first kappa shape index (κ1) is 12.2. The summed E-state index contributed by atoms with van der Waals surface area (Å²) >= 11 is 0. The first-order chi connectivity index (χ1) is 8.60. The van der Waals surface area contributed by atoms with Gasteiger partial charge in [0.25, 0.3) is 0 Å².